The van der Waals surface area contributed by atoms with Gasteiger partial charge in [-0.15, -0.1) is 0 Å². The lowest BCUT2D eigenvalue weighted by Crippen LogP contribution is -2.37. The first-order valence-corrected chi connectivity index (χ1v) is 5.84. The Labute approximate surface area is 98.5 Å². The summed E-state index contributed by atoms with van der Waals surface area (Å²) in [5, 5.41) is 0. The van der Waals surface area contributed by atoms with Crippen LogP contribution in [0, 0.1) is 6.92 Å². The molecule has 3 N–H and O–H groups in total. The van der Waals surface area contributed by atoms with Crippen LogP contribution < -0.4 is 11.3 Å². The highest BCUT2D eigenvalue weighted by atomic mass is 15.2. The quantitative estimate of drug-likeness (QED) is 0.438. The van der Waals surface area contributed by atoms with Crippen molar-refractivity contribution in [2.45, 2.75) is 39.2 Å². The monoisotopic (exact) mass is 218 g/mol. The topological polar surface area (TPSA) is 38.0 Å². The molecule has 0 radical (unpaired) electrons. The summed E-state index contributed by atoms with van der Waals surface area (Å²) in [6, 6.07) is 8.72. The van der Waals surface area contributed by atoms with Crippen LogP contribution in [0.5, 0.6) is 0 Å². The maximum Gasteiger partial charge on any atom is 0.0288 e. The Kier molecular flexibility index (Phi) is 5.23. The van der Waals surface area contributed by atoms with E-state index in [0.29, 0.717) is 0 Å². The van der Waals surface area contributed by atoms with Gasteiger partial charge in [0.05, 0.1) is 0 Å². The van der Waals surface area contributed by atoms with Crippen molar-refractivity contribution >= 4 is 0 Å². The van der Waals surface area contributed by atoms with Crippen molar-refractivity contribution < 1.29 is 0 Å². The van der Waals surface area contributed by atoms with Gasteiger partial charge in [-0.25, -0.2) is 0 Å². The van der Waals surface area contributed by atoms with E-state index < -0.39 is 0 Å². The maximum absolute atomic E-state index is 5.58. The molecule has 0 aliphatic heterocycles. The first-order valence-electron chi connectivity index (χ1n) is 5.84. The number of hydrogen-bond acceptors (Lipinski definition) is 2. The first-order chi connectivity index (χ1) is 7.67. The number of aryl methyl sites for hydroxylation is 1. The number of nitrogens with one attached hydrogen (secondary N) is 1. The van der Waals surface area contributed by atoms with Crippen LogP contribution in [0.4, 0.5) is 0 Å². The number of rotatable bonds is 6. The molecule has 2 nitrogen and oxygen atoms in total. The molecule has 0 heterocycles. The van der Waals surface area contributed by atoms with E-state index in [1.54, 1.807) is 0 Å². The average molecular weight is 218 g/mol. The molecular formula is C14H22N2. The molecule has 1 rings (SSSR count). The van der Waals surface area contributed by atoms with Gasteiger partial charge in [-0.2, -0.15) is 0 Å². The van der Waals surface area contributed by atoms with Crippen molar-refractivity contribution in [1.82, 2.24) is 5.43 Å². The minimum absolute atomic E-state index is 0.286. The van der Waals surface area contributed by atoms with Gasteiger partial charge < -0.3 is 0 Å². The summed E-state index contributed by atoms with van der Waals surface area (Å²) in [4.78, 5) is 0. The van der Waals surface area contributed by atoms with Crippen LogP contribution in [-0.4, -0.2) is 6.04 Å². The molecule has 0 fully saturated rings. The fourth-order valence-electron chi connectivity index (χ4n) is 1.79. The van der Waals surface area contributed by atoms with E-state index in [0.717, 1.165) is 19.3 Å². The van der Waals surface area contributed by atoms with Crippen molar-refractivity contribution in [3.05, 3.63) is 47.5 Å². The third kappa shape index (κ3) is 3.80. The zero-order valence-electron chi connectivity index (χ0n) is 10.3. The van der Waals surface area contributed by atoms with Crippen LogP contribution in [0.3, 0.4) is 0 Å². The molecule has 0 saturated heterocycles. The molecule has 0 saturated carbocycles. The summed E-state index contributed by atoms with van der Waals surface area (Å²) in [5.74, 6) is 5.58. The van der Waals surface area contributed by atoms with Gasteiger partial charge in [-0.1, -0.05) is 43.3 Å². The second kappa shape index (κ2) is 6.46. The van der Waals surface area contributed by atoms with Crippen LogP contribution in [0.2, 0.25) is 0 Å². The van der Waals surface area contributed by atoms with Gasteiger partial charge in [-0.3, -0.25) is 11.3 Å². The minimum atomic E-state index is 0.286. The van der Waals surface area contributed by atoms with Crippen molar-refractivity contribution in [1.29, 1.82) is 0 Å². The van der Waals surface area contributed by atoms with E-state index in [1.165, 1.54) is 16.7 Å². The Hall–Kier alpha value is -1.12. The predicted molar refractivity (Wildman–Crippen MR) is 70.0 cm³/mol. The molecule has 88 valence electrons. The largest absolute Gasteiger partial charge is 0.271 e. The lowest BCUT2D eigenvalue weighted by atomic mass is 9.96. The summed E-state index contributed by atoms with van der Waals surface area (Å²) in [5.41, 5.74) is 6.81. The Bertz CT molecular complexity index is 344. The van der Waals surface area contributed by atoms with Gasteiger partial charge in [0.2, 0.25) is 0 Å². The van der Waals surface area contributed by atoms with Gasteiger partial charge in [0.25, 0.3) is 0 Å². The van der Waals surface area contributed by atoms with Crippen LogP contribution in [0.25, 0.3) is 0 Å². The summed E-state index contributed by atoms with van der Waals surface area (Å²) in [6.45, 7) is 8.29. The normalized spacial score (nSPS) is 12.4. The second-order valence-electron chi connectivity index (χ2n) is 4.30. The molecule has 1 aromatic rings. The maximum atomic E-state index is 5.58. The van der Waals surface area contributed by atoms with Crippen LogP contribution in [0.15, 0.2) is 36.4 Å². The fourth-order valence-corrected chi connectivity index (χ4v) is 1.79. The van der Waals surface area contributed by atoms with Crippen molar-refractivity contribution in [2.24, 2.45) is 5.84 Å². The summed E-state index contributed by atoms with van der Waals surface area (Å²) < 4.78 is 0. The lowest BCUT2D eigenvalue weighted by Gasteiger charge is -2.17. The van der Waals surface area contributed by atoms with Gasteiger partial charge in [0, 0.05) is 6.04 Å². The standard InChI is InChI=1S/C14H22N2/c1-4-11(2)9-14(16-15)10-13-8-6-5-7-12(13)3/h5-8,14,16H,2,4,9-10,15H2,1,3H3. The number of benzene rings is 1. The third-order valence-electron chi connectivity index (χ3n) is 3.00. The van der Waals surface area contributed by atoms with Gasteiger partial charge in [0.1, 0.15) is 0 Å². The molecule has 16 heavy (non-hydrogen) atoms. The number of hydrogen-bond donors (Lipinski definition) is 2. The third-order valence-corrected chi connectivity index (χ3v) is 3.00. The van der Waals surface area contributed by atoms with Crippen molar-refractivity contribution in [3.8, 4) is 0 Å². The van der Waals surface area contributed by atoms with Gasteiger partial charge >= 0.3 is 0 Å². The number of nitrogens with two attached hydrogens (primary N) is 1. The zero-order valence-corrected chi connectivity index (χ0v) is 10.3. The minimum Gasteiger partial charge on any atom is -0.271 e. The van der Waals surface area contributed by atoms with E-state index >= 15 is 0 Å². The lowest BCUT2D eigenvalue weighted by molar-refractivity contribution is 0.516. The van der Waals surface area contributed by atoms with Crippen LogP contribution in [0.1, 0.15) is 30.9 Å². The summed E-state index contributed by atoms with van der Waals surface area (Å²) in [7, 11) is 0. The van der Waals surface area contributed by atoms with Crippen molar-refractivity contribution in [2.75, 3.05) is 0 Å². The van der Waals surface area contributed by atoms with E-state index in [4.69, 9.17) is 5.84 Å². The highest BCUT2D eigenvalue weighted by molar-refractivity contribution is 5.26. The Morgan fingerprint density at radius 3 is 2.69 bits per heavy atom. The molecule has 0 aromatic heterocycles. The predicted octanol–water partition coefficient (Wildman–Crippen LogP) is 2.73. The van der Waals surface area contributed by atoms with E-state index in [2.05, 4.69) is 50.1 Å². The Morgan fingerprint density at radius 2 is 2.12 bits per heavy atom. The second-order valence-corrected chi connectivity index (χ2v) is 4.30. The highest BCUT2D eigenvalue weighted by Crippen LogP contribution is 2.14. The molecule has 0 bridgehead atoms. The Morgan fingerprint density at radius 1 is 1.44 bits per heavy atom. The zero-order chi connectivity index (χ0) is 12.0. The molecule has 2 heteroatoms. The molecule has 1 aromatic carbocycles. The SMILES string of the molecule is C=C(CC)CC(Cc1ccccc1C)NN. The van der Waals surface area contributed by atoms with Gasteiger partial charge in [0.15, 0.2) is 0 Å². The van der Waals surface area contributed by atoms with Crippen molar-refractivity contribution in [3.63, 3.8) is 0 Å². The highest BCUT2D eigenvalue weighted by Gasteiger charge is 2.09. The van der Waals surface area contributed by atoms with E-state index in [-0.39, 0.29) is 6.04 Å². The van der Waals surface area contributed by atoms with Gasteiger partial charge in [-0.05, 0) is 37.3 Å². The Balaban J connectivity index is 2.63. The fraction of sp³-hybridized carbons (Fsp3) is 0.429. The molecule has 0 aliphatic carbocycles. The molecule has 1 unspecified atom stereocenters. The van der Waals surface area contributed by atoms with Crippen LogP contribution in [-0.2, 0) is 6.42 Å². The number of hydrazine groups is 1. The summed E-state index contributed by atoms with van der Waals surface area (Å²) >= 11 is 0. The van der Waals surface area contributed by atoms with Crippen LogP contribution >= 0.6 is 0 Å². The smallest absolute Gasteiger partial charge is 0.0288 e. The summed E-state index contributed by atoms with van der Waals surface area (Å²) in [6.07, 6.45) is 2.93. The molecule has 1 atom stereocenters. The molecule has 0 amide bonds. The molecule has 0 spiro atoms. The van der Waals surface area contributed by atoms with E-state index in [9.17, 15) is 0 Å². The molecular weight excluding hydrogens is 196 g/mol. The average Bonchev–Trinajstić information content (AvgIpc) is 2.30. The molecule has 0 aliphatic rings. The first kappa shape index (κ1) is 12.9. The van der Waals surface area contributed by atoms with E-state index in [1.807, 2.05) is 0 Å².